The fourth-order valence-electron chi connectivity index (χ4n) is 2.49. The Bertz CT molecular complexity index is 1170. The lowest BCUT2D eigenvalue weighted by atomic mass is 10.1. The Morgan fingerprint density at radius 3 is 2.00 bits per heavy atom. The molecule has 3 N–H and O–H groups in total. The van der Waals surface area contributed by atoms with Crippen LogP contribution in [0.15, 0.2) is 71.6 Å². The van der Waals surface area contributed by atoms with Gasteiger partial charge in [0, 0.05) is 5.69 Å². The van der Waals surface area contributed by atoms with E-state index in [1.807, 2.05) is 12.2 Å². The highest BCUT2D eigenvalue weighted by Crippen LogP contribution is 2.23. The molecular formula is C21H16ClNO5S. The van der Waals surface area contributed by atoms with Gasteiger partial charge in [-0.2, -0.15) is 0 Å². The van der Waals surface area contributed by atoms with Crippen molar-refractivity contribution in [2.75, 3.05) is 4.72 Å². The zero-order valence-corrected chi connectivity index (χ0v) is 16.5. The highest BCUT2D eigenvalue weighted by atomic mass is 35.5. The van der Waals surface area contributed by atoms with Gasteiger partial charge < -0.3 is 10.2 Å². The van der Waals surface area contributed by atoms with Crippen molar-refractivity contribution in [3.8, 4) is 5.75 Å². The molecule has 0 heterocycles. The minimum absolute atomic E-state index is 0.0405. The quantitative estimate of drug-likeness (QED) is 0.492. The molecule has 0 saturated heterocycles. The van der Waals surface area contributed by atoms with Crippen molar-refractivity contribution in [2.45, 2.75) is 4.90 Å². The van der Waals surface area contributed by atoms with Crippen LogP contribution in [0.5, 0.6) is 5.75 Å². The van der Waals surface area contributed by atoms with Gasteiger partial charge in [-0.1, -0.05) is 48.0 Å². The van der Waals surface area contributed by atoms with E-state index >= 15 is 0 Å². The summed E-state index contributed by atoms with van der Waals surface area (Å²) < 4.78 is 27.5. The van der Waals surface area contributed by atoms with Gasteiger partial charge >= 0.3 is 5.97 Å². The zero-order valence-electron chi connectivity index (χ0n) is 14.9. The molecule has 0 aliphatic rings. The van der Waals surface area contributed by atoms with Gasteiger partial charge in [-0.3, -0.25) is 4.72 Å². The summed E-state index contributed by atoms with van der Waals surface area (Å²) in [6.07, 6.45) is 3.71. The molecule has 0 saturated carbocycles. The summed E-state index contributed by atoms with van der Waals surface area (Å²) in [5.74, 6) is -1.12. The van der Waals surface area contributed by atoms with Gasteiger partial charge in [-0.25, -0.2) is 13.2 Å². The van der Waals surface area contributed by atoms with Gasteiger partial charge in [-0.05, 0) is 53.6 Å². The molecule has 0 aliphatic carbocycles. The SMILES string of the molecule is O=C(O)c1cc(S(=O)(=O)Nc2ccc(/C=C/c3ccc(O)cc3)cc2)ccc1Cl. The molecule has 8 heteroatoms. The van der Waals surface area contributed by atoms with Crippen LogP contribution in [-0.2, 0) is 10.0 Å². The predicted molar refractivity (Wildman–Crippen MR) is 113 cm³/mol. The van der Waals surface area contributed by atoms with Crippen LogP contribution in [-0.4, -0.2) is 24.6 Å². The number of hydrogen-bond acceptors (Lipinski definition) is 4. The number of phenols is 1. The van der Waals surface area contributed by atoms with Crippen molar-refractivity contribution in [1.29, 1.82) is 0 Å². The molecule has 3 aromatic rings. The van der Waals surface area contributed by atoms with E-state index in [9.17, 15) is 18.3 Å². The maximum absolute atomic E-state index is 12.5. The lowest BCUT2D eigenvalue weighted by Crippen LogP contribution is -2.14. The molecule has 0 aliphatic heterocycles. The largest absolute Gasteiger partial charge is 0.508 e. The second-order valence-electron chi connectivity index (χ2n) is 6.10. The third kappa shape index (κ3) is 5.16. The maximum atomic E-state index is 12.5. The number of carboxylic acid groups (broad SMARTS) is 1. The average Bonchev–Trinajstić information content (AvgIpc) is 2.68. The molecule has 148 valence electrons. The molecule has 3 aromatic carbocycles. The standard InChI is InChI=1S/C21H16ClNO5S/c22-20-12-11-18(13-19(20)21(25)26)29(27,28)23-16-7-3-14(4-8-16)1-2-15-5-9-17(24)10-6-15/h1-13,23-24H,(H,25,26)/b2-1+. The minimum Gasteiger partial charge on any atom is -0.508 e. The summed E-state index contributed by atoms with van der Waals surface area (Å²) in [5, 5.41) is 18.4. The molecule has 3 rings (SSSR count). The first-order valence-corrected chi connectivity index (χ1v) is 10.2. The third-order valence-electron chi connectivity index (χ3n) is 4.00. The van der Waals surface area contributed by atoms with Crippen LogP contribution in [0, 0.1) is 0 Å². The Morgan fingerprint density at radius 1 is 0.897 bits per heavy atom. The first kappa shape index (κ1) is 20.4. The highest BCUT2D eigenvalue weighted by molar-refractivity contribution is 7.92. The number of carboxylic acids is 1. The van der Waals surface area contributed by atoms with Crippen molar-refractivity contribution < 1.29 is 23.4 Å². The number of rotatable bonds is 6. The second-order valence-corrected chi connectivity index (χ2v) is 8.19. The smallest absolute Gasteiger partial charge is 0.337 e. The molecule has 0 fully saturated rings. The van der Waals surface area contributed by atoms with E-state index in [1.165, 1.54) is 12.1 Å². The fourth-order valence-corrected chi connectivity index (χ4v) is 3.77. The topological polar surface area (TPSA) is 104 Å². The van der Waals surface area contributed by atoms with Gasteiger partial charge in [-0.15, -0.1) is 0 Å². The fraction of sp³-hybridized carbons (Fsp3) is 0. The highest BCUT2D eigenvalue weighted by Gasteiger charge is 2.18. The van der Waals surface area contributed by atoms with Gasteiger partial charge in [0.15, 0.2) is 0 Å². The number of phenolic OH excluding ortho intramolecular Hbond substituents is 1. The van der Waals surface area contributed by atoms with Crippen molar-refractivity contribution in [3.05, 3.63) is 88.4 Å². The summed E-state index contributed by atoms with van der Waals surface area (Å²) in [6, 6.07) is 16.9. The summed E-state index contributed by atoms with van der Waals surface area (Å²) in [5.41, 5.74) is 1.80. The molecule has 0 atom stereocenters. The molecule has 0 spiro atoms. The molecule has 0 amide bonds. The van der Waals surface area contributed by atoms with Gasteiger partial charge in [0.05, 0.1) is 15.5 Å². The van der Waals surface area contributed by atoms with E-state index in [-0.39, 0.29) is 21.2 Å². The Labute approximate surface area is 172 Å². The molecule has 0 aromatic heterocycles. The van der Waals surface area contributed by atoms with Crippen LogP contribution in [0.1, 0.15) is 21.5 Å². The van der Waals surface area contributed by atoms with Crippen molar-refractivity contribution in [1.82, 2.24) is 0 Å². The minimum atomic E-state index is -3.97. The number of aromatic carboxylic acids is 1. The Kier molecular flexibility index (Phi) is 5.91. The number of nitrogens with one attached hydrogen (secondary N) is 1. The van der Waals surface area contributed by atoms with E-state index in [1.54, 1.807) is 48.5 Å². The Balaban J connectivity index is 1.76. The summed E-state index contributed by atoms with van der Waals surface area (Å²) in [7, 11) is -3.97. The Hall–Kier alpha value is -3.29. The first-order chi connectivity index (χ1) is 13.7. The van der Waals surface area contributed by atoms with Gasteiger partial charge in [0.2, 0.25) is 0 Å². The number of carbonyl (C=O) groups is 1. The first-order valence-electron chi connectivity index (χ1n) is 8.37. The van der Waals surface area contributed by atoms with Gasteiger partial charge in [0.1, 0.15) is 5.75 Å². The van der Waals surface area contributed by atoms with Crippen LogP contribution in [0.25, 0.3) is 12.2 Å². The maximum Gasteiger partial charge on any atom is 0.337 e. The molecular weight excluding hydrogens is 414 g/mol. The number of anilines is 1. The van der Waals surface area contributed by atoms with E-state index in [2.05, 4.69) is 4.72 Å². The van der Waals surface area contributed by atoms with Gasteiger partial charge in [0.25, 0.3) is 10.0 Å². The summed E-state index contributed by atoms with van der Waals surface area (Å²) in [4.78, 5) is 11.0. The molecule has 0 radical (unpaired) electrons. The van der Waals surface area contributed by atoms with Crippen LogP contribution in [0.4, 0.5) is 5.69 Å². The monoisotopic (exact) mass is 429 g/mol. The van der Waals surface area contributed by atoms with Crippen molar-refractivity contribution in [3.63, 3.8) is 0 Å². The summed E-state index contributed by atoms with van der Waals surface area (Å²) in [6.45, 7) is 0. The average molecular weight is 430 g/mol. The zero-order chi connectivity index (χ0) is 21.0. The number of benzene rings is 3. The molecule has 29 heavy (non-hydrogen) atoms. The van der Waals surface area contributed by atoms with Crippen LogP contribution in [0.3, 0.4) is 0 Å². The molecule has 6 nitrogen and oxygen atoms in total. The number of aromatic hydroxyl groups is 1. The number of hydrogen-bond donors (Lipinski definition) is 3. The third-order valence-corrected chi connectivity index (χ3v) is 5.71. The van der Waals surface area contributed by atoms with E-state index in [0.717, 1.165) is 17.2 Å². The lowest BCUT2D eigenvalue weighted by molar-refractivity contribution is 0.0697. The van der Waals surface area contributed by atoms with E-state index < -0.39 is 16.0 Å². The van der Waals surface area contributed by atoms with Crippen LogP contribution >= 0.6 is 11.6 Å². The Morgan fingerprint density at radius 2 is 1.45 bits per heavy atom. The normalized spacial score (nSPS) is 11.5. The molecule has 0 bridgehead atoms. The van der Waals surface area contributed by atoms with E-state index in [4.69, 9.17) is 16.7 Å². The lowest BCUT2D eigenvalue weighted by Gasteiger charge is -2.09. The summed E-state index contributed by atoms with van der Waals surface area (Å²) >= 11 is 5.79. The number of halogens is 1. The second kappa shape index (κ2) is 8.38. The van der Waals surface area contributed by atoms with Crippen LogP contribution in [0.2, 0.25) is 5.02 Å². The predicted octanol–water partition coefficient (Wildman–Crippen LogP) is 4.72. The van der Waals surface area contributed by atoms with E-state index in [0.29, 0.717) is 5.69 Å². The number of sulfonamides is 1. The van der Waals surface area contributed by atoms with Crippen LogP contribution < -0.4 is 4.72 Å². The van der Waals surface area contributed by atoms with Crippen molar-refractivity contribution in [2.24, 2.45) is 0 Å². The van der Waals surface area contributed by atoms with Crippen molar-refractivity contribution >= 4 is 45.4 Å². The molecule has 0 unspecified atom stereocenters.